The van der Waals surface area contributed by atoms with Crippen molar-refractivity contribution >= 4 is 34.1 Å². The van der Waals surface area contributed by atoms with Crippen LogP contribution in [0.5, 0.6) is 5.75 Å². The molecule has 26 heavy (non-hydrogen) atoms. The Morgan fingerprint density at radius 1 is 1.35 bits per heavy atom. The maximum atomic E-state index is 13.9. The first-order valence-corrected chi connectivity index (χ1v) is 8.78. The highest BCUT2D eigenvalue weighted by atomic mass is 32.1. The third-order valence-electron chi connectivity index (χ3n) is 3.92. The van der Waals surface area contributed by atoms with E-state index in [0.717, 1.165) is 17.4 Å². The number of ether oxygens (including phenoxy) is 1. The van der Waals surface area contributed by atoms with Crippen molar-refractivity contribution in [3.63, 3.8) is 0 Å². The van der Waals surface area contributed by atoms with Gasteiger partial charge in [0, 0.05) is 10.9 Å². The lowest BCUT2D eigenvalue weighted by Gasteiger charge is -2.12. The molecule has 1 heterocycles. The molecule has 7 heteroatoms. The average Bonchev–Trinajstić information content (AvgIpc) is 2.95. The number of nitrogens with zero attached hydrogens (tertiary/aromatic N) is 1. The summed E-state index contributed by atoms with van der Waals surface area (Å²) in [5.74, 6) is 1.35. The molecule has 3 rings (SSSR count). The van der Waals surface area contributed by atoms with E-state index in [-0.39, 0.29) is 17.5 Å². The molecule has 0 unspecified atom stereocenters. The Bertz CT molecular complexity index is 938. The van der Waals surface area contributed by atoms with Crippen molar-refractivity contribution in [2.75, 3.05) is 5.32 Å². The topological polar surface area (TPSA) is 76.0 Å². The summed E-state index contributed by atoms with van der Waals surface area (Å²) in [6.45, 7) is 4.42. The van der Waals surface area contributed by atoms with Gasteiger partial charge in [0.2, 0.25) is 0 Å². The number of hydrogen-bond donors (Lipinski definition) is 3. The zero-order chi connectivity index (χ0) is 18.7. The minimum absolute atomic E-state index is 0.129. The number of aromatic amines is 1. The van der Waals surface area contributed by atoms with E-state index < -0.39 is 0 Å². The maximum absolute atomic E-state index is 13.9. The lowest BCUT2D eigenvalue weighted by atomic mass is 10.0. The number of hydrogen-bond acceptors (Lipinski definition) is 3. The normalized spacial score (nSPS) is 11.1. The molecule has 4 N–H and O–H groups in total. The Hall–Kier alpha value is -2.67. The summed E-state index contributed by atoms with van der Waals surface area (Å²) in [7, 11) is 0. The van der Waals surface area contributed by atoms with Gasteiger partial charge in [-0.2, -0.15) is 5.10 Å². The third kappa shape index (κ3) is 4.11. The fourth-order valence-corrected chi connectivity index (χ4v) is 2.93. The summed E-state index contributed by atoms with van der Waals surface area (Å²) in [6, 6.07) is 10.6. The number of anilines is 1. The van der Waals surface area contributed by atoms with Crippen LogP contribution in [0, 0.1) is 11.7 Å². The maximum Gasteiger partial charge on any atom is 0.169 e. The second kappa shape index (κ2) is 7.70. The van der Waals surface area contributed by atoms with E-state index in [0.29, 0.717) is 28.6 Å². The zero-order valence-corrected chi connectivity index (χ0v) is 15.5. The Morgan fingerprint density at radius 3 is 2.81 bits per heavy atom. The smallest absolute Gasteiger partial charge is 0.169 e. The van der Waals surface area contributed by atoms with Crippen LogP contribution >= 0.6 is 12.2 Å². The molecular formula is C19H21FN4OS. The van der Waals surface area contributed by atoms with Crippen LogP contribution < -0.4 is 15.8 Å². The molecule has 0 aliphatic carbocycles. The van der Waals surface area contributed by atoms with Gasteiger partial charge in [-0.05, 0) is 48.3 Å². The van der Waals surface area contributed by atoms with Gasteiger partial charge in [-0.25, -0.2) is 4.39 Å². The number of benzene rings is 2. The van der Waals surface area contributed by atoms with Gasteiger partial charge in [0.1, 0.15) is 23.7 Å². The highest BCUT2D eigenvalue weighted by Gasteiger charge is 2.14. The summed E-state index contributed by atoms with van der Waals surface area (Å²) in [5, 5.41) is 11.0. The highest BCUT2D eigenvalue weighted by molar-refractivity contribution is 7.80. The largest absolute Gasteiger partial charge is 0.487 e. The summed E-state index contributed by atoms with van der Waals surface area (Å²) in [6.07, 6.45) is 0.879. The van der Waals surface area contributed by atoms with Crippen molar-refractivity contribution in [2.45, 2.75) is 26.9 Å². The van der Waals surface area contributed by atoms with Crippen LogP contribution in [0.1, 0.15) is 25.0 Å². The molecular weight excluding hydrogens is 351 g/mol. The first kappa shape index (κ1) is 18.1. The van der Waals surface area contributed by atoms with E-state index in [1.165, 1.54) is 6.07 Å². The molecule has 136 valence electrons. The van der Waals surface area contributed by atoms with Crippen molar-refractivity contribution in [2.24, 2.45) is 11.7 Å². The quantitative estimate of drug-likeness (QED) is 0.567. The van der Waals surface area contributed by atoms with E-state index in [4.69, 9.17) is 22.7 Å². The highest BCUT2D eigenvalue weighted by Crippen LogP contribution is 2.32. The van der Waals surface area contributed by atoms with E-state index in [1.54, 1.807) is 18.2 Å². The summed E-state index contributed by atoms with van der Waals surface area (Å²) in [5.41, 5.74) is 7.89. The van der Waals surface area contributed by atoms with E-state index in [2.05, 4.69) is 29.4 Å². The van der Waals surface area contributed by atoms with Crippen LogP contribution in [0.15, 0.2) is 36.4 Å². The molecule has 1 aromatic heterocycles. The van der Waals surface area contributed by atoms with Crippen molar-refractivity contribution in [3.8, 4) is 5.75 Å². The standard InChI is InChI=1S/C19H21FN4OS/c1-11(2)7-12-8-14-17(23-24-18(14)22-19(21)26)16(9-12)25-10-13-5-3-4-6-15(13)20/h3-6,8-9,11H,7,10H2,1-2H3,(H4,21,22,23,24,26). The molecule has 2 aromatic carbocycles. The Morgan fingerprint density at radius 2 is 2.12 bits per heavy atom. The van der Waals surface area contributed by atoms with Crippen molar-refractivity contribution in [1.29, 1.82) is 0 Å². The molecule has 0 radical (unpaired) electrons. The first-order valence-electron chi connectivity index (χ1n) is 8.37. The predicted octanol–water partition coefficient (Wildman–Crippen LogP) is 4.14. The van der Waals surface area contributed by atoms with E-state index in [1.807, 2.05) is 12.1 Å². The second-order valence-corrected chi connectivity index (χ2v) is 7.00. The monoisotopic (exact) mass is 372 g/mol. The van der Waals surface area contributed by atoms with Crippen LogP contribution in [-0.2, 0) is 13.0 Å². The Labute approximate surface area is 156 Å². The molecule has 0 amide bonds. The first-order chi connectivity index (χ1) is 12.4. The fourth-order valence-electron chi connectivity index (χ4n) is 2.83. The summed E-state index contributed by atoms with van der Waals surface area (Å²) >= 11 is 4.91. The SMILES string of the molecule is CC(C)Cc1cc(OCc2ccccc2F)c2[nH]nc(NC(N)=S)c2c1. The molecule has 0 saturated heterocycles. The third-order valence-corrected chi connectivity index (χ3v) is 4.03. The molecule has 0 spiro atoms. The number of rotatable bonds is 6. The van der Waals surface area contributed by atoms with Crippen LogP contribution in [0.25, 0.3) is 10.9 Å². The van der Waals surface area contributed by atoms with E-state index >= 15 is 0 Å². The zero-order valence-electron chi connectivity index (χ0n) is 14.7. The molecule has 0 atom stereocenters. The average molecular weight is 372 g/mol. The van der Waals surface area contributed by atoms with Crippen LogP contribution in [0.3, 0.4) is 0 Å². The lowest BCUT2D eigenvalue weighted by Crippen LogP contribution is -2.19. The molecule has 0 aliphatic rings. The number of thiocarbonyl (C=S) groups is 1. The van der Waals surface area contributed by atoms with Gasteiger partial charge in [-0.15, -0.1) is 0 Å². The van der Waals surface area contributed by atoms with Gasteiger partial charge < -0.3 is 15.8 Å². The number of nitrogens with one attached hydrogen (secondary N) is 2. The molecule has 0 bridgehead atoms. The summed E-state index contributed by atoms with van der Waals surface area (Å²) in [4.78, 5) is 0. The Kier molecular flexibility index (Phi) is 5.37. The number of halogens is 1. The number of H-pyrrole nitrogens is 1. The van der Waals surface area contributed by atoms with E-state index in [9.17, 15) is 4.39 Å². The molecule has 0 fully saturated rings. The number of nitrogens with two attached hydrogens (primary N) is 1. The number of aromatic nitrogens is 2. The summed E-state index contributed by atoms with van der Waals surface area (Å²) < 4.78 is 19.8. The van der Waals surface area contributed by atoms with Crippen molar-refractivity contribution in [3.05, 3.63) is 53.3 Å². The van der Waals surface area contributed by atoms with Crippen molar-refractivity contribution in [1.82, 2.24) is 10.2 Å². The van der Waals surface area contributed by atoms with Gasteiger partial charge in [0.15, 0.2) is 10.9 Å². The van der Waals surface area contributed by atoms with Gasteiger partial charge in [0.05, 0.1) is 0 Å². The minimum Gasteiger partial charge on any atom is -0.487 e. The van der Waals surface area contributed by atoms with Gasteiger partial charge in [0.25, 0.3) is 0 Å². The predicted molar refractivity (Wildman–Crippen MR) is 106 cm³/mol. The second-order valence-electron chi connectivity index (χ2n) is 6.56. The minimum atomic E-state index is -0.289. The fraction of sp³-hybridized carbons (Fsp3) is 0.263. The van der Waals surface area contributed by atoms with Gasteiger partial charge in [-0.1, -0.05) is 32.0 Å². The Balaban J connectivity index is 1.97. The lowest BCUT2D eigenvalue weighted by molar-refractivity contribution is 0.302. The number of fused-ring (bicyclic) bond motifs is 1. The van der Waals surface area contributed by atoms with Crippen LogP contribution in [0.4, 0.5) is 10.2 Å². The molecule has 5 nitrogen and oxygen atoms in total. The van der Waals surface area contributed by atoms with Gasteiger partial charge in [-0.3, -0.25) is 5.10 Å². The van der Waals surface area contributed by atoms with Crippen LogP contribution in [0.2, 0.25) is 0 Å². The van der Waals surface area contributed by atoms with Crippen molar-refractivity contribution < 1.29 is 9.13 Å². The molecule has 0 aliphatic heterocycles. The molecule has 3 aromatic rings. The van der Waals surface area contributed by atoms with Gasteiger partial charge >= 0.3 is 0 Å². The van der Waals surface area contributed by atoms with Crippen LogP contribution in [-0.4, -0.2) is 15.3 Å². The molecule has 0 saturated carbocycles.